The van der Waals surface area contributed by atoms with Crippen LogP contribution in [0.3, 0.4) is 0 Å². The molecule has 0 aliphatic carbocycles. The van der Waals surface area contributed by atoms with E-state index in [0.29, 0.717) is 24.0 Å². The standard InChI is InChI=1S/C18H26N2O6S/c1-4-5-18(17(23)24)6-7-20(10-15(18)21)16(22)13-8-11(2)12(3)14(9-13)27(19,25)26/h8-9,15,21H,4-7,10H2,1-3H3,(H,23,24)(H2,19,25,26)/t15-,18-/m0/s1. The summed E-state index contributed by atoms with van der Waals surface area (Å²) in [7, 11) is -3.99. The van der Waals surface area contributed by atoms with Crippen LogP contribution in [0.4, 0.5) is 0 Å². The molecule has 27 heavy (non-hydrogen) atoms. The number of piperidine rings is 1. The zero-order valence-corrected chi connectivity index (χ0v) is 16.5. The van der Waals surface area contributed by atoms with Crippen molar-refractivity contribution in [3.63, 3.8) is 0 Å². The maximum Gasteiger partial charge on any atom is 0.312 e. The molecule has 0 aromatic heterocycles. The highest BCUT2D eigenvalue weighted by Gasteiger charge is 2.48. The Morgan fingerprint density at radius 1 is 1.33 bits per heavy atom. The third-order valence-corrected chi connectivity index (χ3v) is 6.48. The Bertz CT molecular complexity index is 867. The molecule has 1 aromatic carbocycles. The first-order valence-corrected chi connectivity index (χ1v) is 10.3. The summed E-state index contributed by atoms with van der Waals surface area (Å²) in [5.74, 6) is -1.52. The number of nitrogens with zero attached hydrogens (tertiary/aromatic N) is 1. The van der Waals surface area contributed by atoms with Crippen molar-refractivity contribution in [1.82, 2.24) is 4.90 Å². The van der Waals surface area contributed by atoms with Gasteiger partial charge < -0.3 is 15.1 Å². The Hall–Kier alpha value is -1.97. The van der Waals surface area contributed by atoms with Crippen LogP contribution in [-0.4, -0.2) is 54.6 Å². The van der Waals surface area contributed by atoms with Gasteiger partial charge in [0.25, 0.3) is 5.91 Å². The maximum atomic E-state index is 12.9. The van der Waals surface area contributed by atoms with Crippen LogP contribution in [-0.2, 0) is 14.8 Å². The molecule has 0 bridgehead atoms. The lowest BCUT2D eigenvalue weighted by Crippen LogP contribution is -2.56. The lowest BCUT2D eigenvalue weighted by molar-refractivity contribution is -0.162. The van der Waals surface area contributed by atoms with Crippen molar-refractivity contribution in [3.8, 4) is 0 Å². The molecule has 0 spiro atoms. The Balaban J connectivity index is 2.33. The van der Waals surface area contributed by atoms with E-state index in [9.17, 15) is 28.2 Å². The molecule has 2 atom stereocenters. The van der Waals surface area contributed by atoms with Crippen LogP contribution < -0.4 is 5.14 Å². The van der Waals surface area contributed by atoms with E-state index in [2.05, 4.69) is 0 Å². The highest BCUT2D eigenvalue weighted by molar-refractivity contribution is 7.89. The molecular weight excluding hydrogens is 372 g/mol. The zero-order valence-electron chi connectivity index (χ0n) is 15.7. The van der Waals surface area contributed by atoms with Gasteiger partial charge in [-0.25, -0.2) is 13.6 Å². The number of hydrogen-bond acceptors (Lipinski definition) is 5. The molecule has 1 aromatic rings. The number of aryl methyl sites for hydroxylation is 1. The van der Waals surface area contributed by atoms with Crippen molar-refractivity contribution in [2.24, 2.45) is 10.6 Å². The predicted octanol–water partition coefficient (Wildman–Crippen LogP) is 1.03. The van der Waals surface area contributed by atoms with Gasteiger partial charge in [0.2, 0.25) is 10.0 Å². The fourth-order valence-corrected chi connectivity index (χ4v) is 4.56. The summed E-state index contributed by atoms with van der Waals surface area (Å²) in [6, 6.07) is 2.81. The molecule has 8 nitrogen and oxygen atoms in total. The van der Waals surface area contributed by atoms with Crippen molar-refractivity contribution in [2.75, 3.05) is 13.1 Å². The number of aliphatic carboxylic acids is 1. The number of amides is 1. The number of β-amino-alcohol motifs (C(OH)–C–C–N with tert-alkyl or cyclic N) is 1. The number of hydrogen-bond donors (Lipinski definition) is 3. The summed E-state index contributed by atoms with van der Waals surface area (Å²) >= 11 is 0. The van der Waals surface area contributed by atoms with E-state index in [-0.39, 0.29) is 30.0 Å². The van der Waals surface area contributed by atoms with E-state index in [1.165, 1.54) is 11.0 Å². The molecule has 1 heterocycles. The number of carboxylic acid groups (broad SMARTS) is 1. The molecule has 0 saturated carbocycles. The van der Waals surface area contributed by atoms with Crippen molar-refractivity contribution in [3.05, 3.63) is 28.8 Å². The number of aliphatic hydroxyl groups excluding tert-OH is 1. The second kappa shape index (κ2) is 7.57. The molecule has 1 saturated heterocycles. The van der Waals surface area contributed by atoms with Crippen LogP contribution in [0, 0.1) is 19.3 Å². The molecule has 0 unspecified atom stereocenters. The topological polar surface area (TPSA) is 138 Å². The van der Waals surface area contributed by atoms with Gasteiger partial charge in [0, 0.05) is 18.7 Å². The number of rotatable bonds is 5. The van der Waals surface area contributed by atoms with Crippen molar-refractivity contribution in [2.45, 2.75) is 51.0 Å². The predicted molar refractivity (Wildman–Crippen MR) is 98.8 cm³/mol. The average molecular weight is 398 g/mol. The average Bonchev–Trinajstić information content (AvgIpc) is 2.57. The quantitative estimate of drug-likeness (QED) is 0.677. The van der Waals surface area contributed by atoms with Gasteiger partial charge in [0.05, 0.1) is 16.4 Å². The molecule has 150 valence electrons. The van der Waals surface area contributed by atoms with Crippen LogP contribution in [0.2, 0.25) is 0 Å². The molecule has 1 amide bonds. The van der Waals surface area contributed by atoms with Crippen LogP contribution in [0.1, 0.15) is 47.7 Å². The SMILES string of the molecule is CCC[C@]1(C(=O)O)CCN(C(=O)c2cc(C)c(C)c(S(N)(=O)=O)c2)C[C@@H]1O. The third kappa shape index (κ3) is 3.99. The van der Waals surface area contributed by atoms with E-state index in [1.54, 1.807) is 19.9 Å². The number of primary sulfonamides is 1. The van der Waals surface area contributed by atoms with Crippen LogP contribution in [0.15, 0.2) is 17.0 Å². The molecule has 4 N–H and O–H groups in total. The van der Waals surface area contributed by atoms with Crippen molar-refractivity contribution >= 4 is 21.9 Å². The summed E-state index contributed by atoms with van der Waals surface area (Å²) in [6.07, 6.45) is -0.135. The number of carbonyl (C=O) groups is 2. The Labute approximate surface area is 159 Å². The number of aliphatic hydroxyl groups is 1. The van der Waals surface area contributed by atoms with Gasteiger partial charge in [-0.2, -0.15) is 0 Å². The second-order valence-electron chi connectivity index (χ2n) is 7.19. The van der Waals surface area contributed by atoms with E-state index in [1.807, 2.05) is 6.92 Å². The Morgan fingerprint density at radius 3 is 2.44 bits per heavy atom. The first-order chi connectivity index (χ1) is 12.4. The Morgan fingerprint density at radius 2 is 1.96 bits per heavy atom. The normalized spacial score (nSPS) is 23.3. The molecule has 0 radical (unpaired) electrons. The smallest absolute Gasteiger partial charge is 0.312 e. The van der Waals surface area contributed by atoms with E-state index < -0.39 is 33.4 Å². The fourth-order valence-electron chi connectivity index (χ4n) is 3.68. The van der Waals surface area contributed by atoms with E-state index in [4.69, 9.17) is 5.14 Å². The number of carbonyl (C=O) groups excluding carboxylic acids is 1. The minimum Gasteiger partial charge on any atom is -0.481 e. The van der Waals surface area contributed by atoms with Gasteiger partial charge in [0.15, 0.2) is 0 Å². The number of carboxylic acids is 1. The molecule has 1 aliphatic heterocycles. The number of sulfonamides is 1. The van der Waals surface area contributed by atoms with Crippen LogP contribution in [0.5, 0.6) is 0 Å². The van der Waals surface area contributed by atoms with Crippen LogP contribution in [0.25, 0.3) is 0 Å². The minimum absolute atomic E-state index is 0.116. The Kier molecular flexibility index (Phi) is 5.98. The number of likely N-dealkylation sites (tertiary alicyclic amines) is 1. The van der Waals surface area contributed by atoms with Crippen LogP contribution >= 0.6 is 0 Å². The van der Waals surface area contributed by atoms with Gasteiger partial charge in [-0.05, 0) is 49.9 Å². The van der Waals surface area contributed by atoms with E-state index >= 15 is 0 Å². The molecule has 1 aliphatic rings. The molecule has 9 heteroatoms. The first kappa shape index (κ1) is 21.3. The third-order valence-electron chi connectivity index (χ3n) is 5.44. The molecule has 1 fully saturated rings. The summed E-state index contributed by atoms with van der Waals surface area (Å²) in [5.41, 5.74) is -0.0398. The largest absolute Gasteiger partial charge is 0.481 e. The number of benzene rings is 1. The molecular formula is C18H26N2O6S. The van der Waals surface area contributed by atoms with Gasteiger partial charge in [0.1, 0.15) is 0 Å². The molecule has 2 rings (SSSR count). The fraction of sp³-hybridized carbons (Fsp3) is 0.556. The number of nitrogens with two attached hydrogens (primary N) is 1. The highest BCUT2D eigenvalue weighted by Crippen LogP contribution is 2.37. The maximum absolute atomic E-state index is 12.9. The highest BCUT2D eigenvalue weighted by atomic mass is 32.2. The minimum atomic E-state index is -3.99. The summed E-state index contributed by atoms with van der Waals surface area (Å²) < 4.78 is 23.6. The van der Waals surface area contributed by atoms with E-state index in [0.717, 1.165) is 0 Å². The monoisotopic (exact) mass is 398 g/mol. The van der Waals surface area contributed by atoms with Gasteiger partial charge in [-0.3, -0.25) is 9.59 Å². The first-order valence-electron chi connectivity index (χ1n) is 8.79. The summed E-state index contributed by atoms with van der Waals surface area (Å²) in [6.45, 7) is 5.18. The summed E-state index contributed by atoms with van der Waals surface area (Å²) in [5, 5.41) is 25.3. The van der Waals surface area contributed by atoms with Gasteiger partial charge in [-0.15, -0.1) is 0 Å². The lowest BCUT2D eigenvalue weighted by atomic mass is 9.72. The summed E-state index contributed by atoms with van der Waals surface area (Å²) in [4.78, 5) is 25.8. The van der Waals surface area contributed by atoms with Crippen molar-refractivity contribution in [1.29, 1.82) is 0 Å². The van der Waals surface area contributed by atoms with Crippen molar-refractivity contribution < 1.29 is 28.2 Å². The van der Waals surface area contributed by atoms with Gasteiger partial charge >= 0.3 is 5.97 Å². The second-order valence-corrected chi connectivity index (χ2v) is 8.72. The lowest BCUT2D eigenvalue weighted by Gasteiger charge is -2.42. The van der Waals surface area contributed by atoms with Gasteiger partial charge in [-0.1, -0.05) is 13.3 Å². The zero-order chi connectivity index (χ0) is 20.6.